The van der Waals surface area contributed by atoms with Gasteiger partial charge >= 0.3 is 0 Å². The van der Waals surface area contributed by atoms with Gasteiger partial charge in [0, 0.05) is 19.6 Å². The van der Waals surface area contributed by atoms with Crippen LogP contribution in [0, 0.1) is 0 Å². The van der Waals surface area contributed by atoms with E-state index >= 15 is 0 Å². The molecule has 0 aromatic heterocycles. The van der Waals surface area contributed by atoms with Crippen LogP contribution in [0.25, 0.3) is 0 Å². The van der Waals surface area contributed by atoms with E-state index in [4.69, 9.17) is 4.74 Å². The summed E-state index contributed by atoms with van der Waals surface area (Å²) in [4.78, 5) is 0. The average Bonchev–Trinajstić information content (AvgIpc) is 2.47. The summed E-state index contributed by atoms with van der Waals surface area (Å²) in [5.41, 5.74) is 0. The molecule has 0 aromatic rings. The second kappa shape index (κ2) is 5.68. The van der Waals surface area contributed by atoms with E-state index in [-0.39, 0.29) is 12.1 Å². The highest BCUT2D eigenvalue weighted by Crippen LogP contribution is 2.31. The van der Waals surface area contributed by atoms with Gasteiger partial charge in [0.25, 0.3) is 10.2 Å². The Morgan fingerprint density at radius 3 is 2.42 bits per heavy atom. The van der Waals surface area contributed by atoms with Crippen molar-refractivity contribution in [1.82, 2.24) is 8.61 Å². The minimum Gasteiger partial charge on any atom is -0.375 e. The van der Waals surface area contributed by atoms with Crippen LogP contribution in [0.15, 0.2) is 0 Å². The molecule has 1 saturated carbocycles. The van der Waals surface area contributed by atoms with Crippen LogP contribution in [-0.2, 0) is 14.9 Å². The van der Waals surface area contributed by atoms with E-state index in [2.05, 4.69) is 0 Å². The van der Waals surface area contributed by atoms with Gasteiger partial charge < -0.3 is 4.74 Å². The minimum atomic E-state index is -3.27. The van der Waals surface area contributed by atoms with Gasteiger partial charge in [0.15, 0.2) is 0 Å². The van der Waals surface area contributed by atoms with E-state index in [0.717, 1.165) is 38.5 Å². The van der Waals surface area contributed by atoms with Gasteiger partial charge in [0.1, 0.15) is 0 Å². The normalized spacial score (nSPS) is 34.9. The van der Waals surface area contributed by atoms with Gasteiger partial charge in [0.05, 0.1) is 18.8 Å². The summed E-state index contributed by atoms with van der Waals surface area (Å²) in [5, 5.41) is 0. The zero-order valence-electron chi connectivity index (χ0n) is 11.5. The molecule has 6 heteroatoms. The third kappa shape index (κ3) is 2.68. The number of hydrogen-bond donors (Lipinski definition) is 0. The molecular formula is C13H24N2O3S. The van der Waals surface area contributed by atoms with Crippen molar-refractivity contribution < 1.29 is 13.2 Å². The first-order chi connectivity index (χ1) is 9.19. The zero-order valence-corrected chi connectivity index (χ0v) is 12.3. The third-order valence-corrected chi connectivity index (χ3v) is 6.68. The van der Waals surface area contributed by atoms with Crippen LogP contribution in [-0.4, -0.2) is 55.4 Å². The van der Waals surface area contributed by atoms with Crippen LogP contribution >= 0.6 is 0 Å². The van der Waals surface area contributed by atoms with Gasteiger partial charge in [-0.3, -0.25) is 0 Å². The molecule has 0 amide bonds. The summed E-state index contributed by atoms with van der Waals surface area (Å²) in [7, 11) is -3.27. The van der Waals surface area contributed by atoms with Gasteiger partial charge in [0.2, 0.25) is 0 Å². The van der Waals surface area contributed by atoms with Crippen molar-refractivity contribution in [2.75, 3.05) is 26.2 Å². The molecule has 19 heavy (non-hydrogen) atoms. The topological polar surface area (TPSA) is 49.9 Å². The van der Waals surface area contributed by atoms with E-state index < -0.39 is 10.2 Å². The maximum atomic E-state index is 12.8. The maximum absolute atomic E-state index is 12.8. The van der Waals surface area contributed by atoms with Crippen molar-refractivity contribution in [2.24, 2.45) is 0 Å². The van der Waals surface area contributed by atoms with E-state index in [1.165, 1.54) is 6.42 Å². The zero-order chi connectivity index (χ0) is 13.3. The number of piperidine rings is 1. The monoisotopic (exact) mass is 288 g/mol. The number of ether oxygens (including phenoxy) is 1. The fourth-order valence-electron chi connectivity index (χ4n) is 3.59. The summed E-state index contributed by atoms with van der Waals surface area (Å²) in [6, 6.07) is 0.0782. The van der Waals surface area contributed by atoms with Crippen LogP contribution in [0.3, 0.4) is 0 Å². The van der Waals surface area contributed by atoms with Crippen molar-refractivity contribution in [3.63, 3.8) is 0 Å². The minimum absolute atomic E-state index is 0.0782. The third-order valence-electron chi connectivity index (χ3n) is 4.62. The molecule has 2 saturated heterocycles. The first-order valence-corrected chi connectivity index (χ1v) is 8.98. The summed E-state index contributed by atoms with van der Waals surface area (Å²) in [6.45, 7) is 2.46. The number of morpholine rings is 1. The Balaban J connectivity index is 1.78. The lowest BCUT2D eigenvalue weighted by Crippen LogP contribution is -2.58. The van der Waals surface area contributed by atoms with Crippen molar-refractivity contribution in [1.29, 1.82) is 0 Å². The Bertz CT molecular complexity index is 404. The molecule has 0 radical (unpaired) electrons. The molecule has 2 atom stereocenters. The van der Waals surface area contributed by atoms with E-state index in [9.17, 15) is 8.42 Å². The largest absolute Gasteiger partial charge is 0.375 e. The Morgan fingerprint density at radius 1 is 0.895 bits per heavy atom. The lowest BCUT2D eigenvalue weighted by Gasteiger charge is -2.44. The number of hydrogen-bond acceptors (Lipinski definition) is 3. The Labute approximate surface area is 116 Å². The standard InChI is InChI=1S/C13H24N2O3S/c16-19(17,14-8-4-1-5-9-14)15-10-11-18-13-7-3-2-6-12(13)15/h12-13H,1-11H2/t12-,13-/m0/s1. The molecule has 1 aliphatic carbocycles. The predicted octanol–water partition coefficient (Wildman–Crippen LogP) is 1.36. The van der Waals surface area contributed by atoms with Gasteiger partial charge in [-0.2, -0.15) is 17.0 Å². The van der Waals surface area contributed by atoms with Gasteiger partial charge in [-0.05, 0) is 25.7 Å². The predicted molar refractivity (Wildman–Crippen MR) is 73.0 cm³/mol. The fraction of sp³-hybridized carbons (Fsp3) is 1.00. The summed E-state index contributed by atoms with van der Waals surface area (Å²) >= 11 is 0. The highest BCUT2D eigenvalue weighted by atomic mass is 32.2. The molecule has 3 fully saturated rings. The summed E-state index contributed by atoms with van der Waals surface area (Å²) in [5.74, 6) is 0. The average molecular weight is 288 g/mol. The second-order valence-corrected chi connectivity index (χ2v) is 7.72. The van der Waals surface area contributed by atoms with E-state index in [0.29, 0.717) is 26.2 Å². The molecule has 0 unspecified atom stereocenters. The van der Waals surface area contributed by atoms with E-state index in [1.807, 2.05) is 0 Å². The van der Waals surface area contributed by atoms with Crippen LogP contribution < -0.4 is 0 Å². The highest BCUT2D eigenvalue weighted by molar-refractivity contribution is 7.86. The molecule has 3 rings (SSSR count). The molecule has 3 aliphatic rings. The Morgan fingerprint density at radius 2 is 1.63 bits per heavy atom. The summed E-state index contributed by atoms with van der Waals surface area (Å²) < 4.78 is 34.8. The maximum Gasteiger partial charge on any atom is 0.282 e. The molecule has 0 spiro atoms. The van der Waals surface area contributed by atoms with Crippen LogP contribution in [0.1, 0.15) is 44.9 Å². The van der Waals surface area contributed by atoms with Crippen molar-refractivity contribution in [3.05, 3.63) is 0 Å². The smallest absolute Gasteiger partial charge is 0.282 e. The highest BCUT2D eigenvalue weighted by Gasteiger charge is 2.42. The van der Waals surface area contributed by atoms with Crippen molar-refractivity contribution in [2.45, 2.75) is 57.1 Å². The first kappa shape index (κ1) is 13.8. The van der Waals surface area contributed by atoms with Crippen LogP contribution in [0.4, 0.5) is 0 Å². The number of rotatable bonds is 2. The number of fused-ring (bicyclic) bond motifs is 1. The second-order valence-electron chi connectivity index (χ2n) is 5.84. The SMILES string of the molecule is O=S(=O)(N1CCCCC1)N1CCO[C@H]2CCCC[C@@H]21. The van der Waals surface area contributed by atoms with Gasteiger partial charge in [-0.15, -0.1) is 0 Å². The Hall–Kier alpha value is -0.170. The molecule has 5 nitrogen and oxygen atoms in total. The Kier molecular flexibility index (Phi) is 4.12. The van der Waals surface area contributed by atoms with Gasteiger partial charge in [-0.1, -0.05) is 19.3 Å². The van der Waals surface area contributed by atoms with E-state index in [1.54, 1.807) is 8.61 Å². The molecule has 0 aromatic carbocycles. The molecule has 110 valence electrons. The first-order valence-electron chi connectivity index (χ1n) is 7.58. The molecule has 0 bridgehead atoms. The molecular weight excluding hydrogens is 264 g/mol. The lowest BCUT2D eigenvalue weighted by atomic mass is 9.91. The van der Waals surface area contributed by atoms with Crippen LogP contribution in [0.5, 0.6) is 0 Å². The van der Waals surface area contributed by atoms with Crippen molar-refractivity contribution in [3.8, 4) is 0 Å². The molecule has 2 heterocycles. The fourth-order valence-corrected chi connectivity index (χ4v) is 5.50. The quantitative estimate of drug-likeness (QED) is 0.771. The van der Waals surface area contributed by atoms with Crippen molar-refractivity contribution >= 4 is 10.2 Å². The molecule has 2 aliphatic heterocycles. The summed E-state index contributed by atoms with van der Waals surface area (Å²) in [6.07, 6.45) is 7.53. The molecule has 0 N–H and O–H groups in total. The number of nitrogens with zero attached hydrogens (tertiary/aromatic N) is 2. The van der Waals surface area contributed by atoms with Crippen LogP contribution in [0.2, 0.25) is 0 Å². The van der Waals surface area contributed by atoms with Gasteiger partial charge in [-0.25, -0.2) is 0 Å². The lowest BCUT2D eigenvalue weighted by molar-refractivity contribution is -0.0603.